The van der Waals surface area contributed by atoms with Crippen LogP contribution >= 0.6 is 0 Å². The van der Waals surface area contributed by atoms with Crippen molar-refractivity contribution in [1.29, 1.82) is 0 Å². The fraction of sp³-hybridized carbons (Fsp3) is 0.345. The standard InChI is InChI=1S/C29H31NO4/c31-27-16-24-25(30-27)17-26(32-18-21-10-4-1-5-11-21)29(34-20-23-14-8-3-9-15-23)28(24)33-19-22-12-6-2-7-13-22/h1-15,24-26,28-29H,16-20H2,(H,30,31)/t24-,25+,26+,28+,29+/m0/s1. The number of benzene rings is 3. The highest BCUT2D eigenvalue weighted by Gasteiger charge is 2.50. The predicted octanol–water partition coefficient (Wildman–Crippen LogP) is 4.65. The molecule has 3 aromatic carbocycles. The van der Waals surface area contributed by atoms with Gasteiger partial charge < -0.3 is 19.5 Å². The van der Waals surface area contributed by atoms with E-state index in [-0.39, 0.29) is 36.2 Å². The molecule has 1 amide bonds. The first-order valence-corrected chi connectivity index (χ1v) is 12.0. The maximum atomic E-state index is 12.4. The van der Waals surface area contributed by atoms with Crippen LogP contribution in [0.25, 0.3) is 0 Å². The summed E-state index contributed by atoms with van der Waals surface area (Å²) in [7, 11) is 0. The summed E-state index contributed by atoms with van der Waals surface area (Å²) in [6.07, 6.45) is 0.461. The van der Waals surface area contributed by atoms with E-state index < -0.39 is 0 Å². The molecule has 5 rings (SSSR count). The molecule has 34 heavy (non-hydrogen) atoms. The van der Waals surface area contributed by atoms with Crippen molar-refractivity contribution in [3.05, 3.63) is 108 Å². The second-order valence-electron chi connectivity index (χ2n) is 9.14. The van der Waals surface area contributed by atoms with Crippen LogP contribution in [0.1, 0.15) is 29.5 Å². The van der Waals surface area contributed by atoms with Crippen LogP contribution in [0.5, 0.6) is 0 Å². The number of fused-ring (bicyclic) bond motifs is 1. The number of amides is 1. The minimum absolute atomic E-state index is 0.0330. The minimum Gasteiger partial charge on any atom is -0.371 e. The highest BCUT2D eigenvalue weighted by atomic mass is 16.6. The second kappa shape index (κ2) is 11.0. The lowest BCUT2D eigenvalue weighted by Gasteiger charge is -2.43. The quantitative estimate of drug-likeness (QED) is 0.508. The number of carbonyl (C=O) groups is 1. The third kappa shape index (κ3) is 5.55. The van der Waals surface area contributed by atoms with Crippen molar-refractivity contribution in [2.24, 2.45) is 5.92 Å². The van der Waals surface area contributed by atoms with Gasteiger partial charge in [-0.3, -0.25) is 4.79 Å². The molecule has 5 atom stereocenters. The monoisotopic (exact) mass is 457 g/mol. The van der Waals surface area contributed by atoms with Crippen molar-refractivity contribution in [2.45, 2.75) is 57.0 Å². The molecule has 176 valence electrons. The van der Waals surface area contributed by atoms with Crippen molar-refractivity contribution in [1.82, 2.24) is 5.32 Å². The molecule has 5 nitrogen and oxygen atoms in total. The van der Waals surface area contributed by atoms with Crippen LogP contribution in [0.15, 0.2) is 91.0 Å². The molecule has 1 saturated heterocycles. The van der Waals surface area contributed by atoms with Crippen LogP contribution in [-0.4, -0.2) is 30.3 Å². The van der Waals surface area contributed by atoms with Crippen LogP contribution in [0.3, 0.4) is 0 Å². The number of ether oxygens (including phenoxy) is 3. The van der Waals surface area contributed by atoms with Gasteiger partial charge in [-0.2, -0.15) is 0 Å². The summed E-state index contributed by atoms with van der Waals surface area (Å²) in [6, 6.07) is 30.5. The Morgan fingerprint density at radius 2 is 1.12 bits per heavy atom. The number of carbonyl (C=O) groups excluding carboxylic acids is 1. The molecule has 0 spiro atoms. The fourth-order valence-electron chi connectivity index (χ4n) is 5.04. The number of hydrogen-bond donors (Lipinski definition) is 1. The molecule has 1 saturated carbocycles. The van der Waals surface area contributed by atoms with Gasteiger partial charge in [-0.1, -0.05) is 91.0 Å². The summed E-state index contributed by atoms with van der Waals surface area (Å²) in [6.45, 7) is 1.44. The van der Waals surface area contributed by atoms with E-state index in [0.717, 1.165) is 16.7 Å². The smallest absolute Gasteiger partial charge is 0.220 e. The molecule has 1 N–H and O–H groups in total. The van der Waals surface area contributed by atoms with Gasteiger partial charge >= 0.3 is 0 Å². The third-order valence-electron chi connectivity index (χ3n) is 6.76. The Kier molecular flexibility index (Phi) is 7.34. The van der Waals surface area contributed by atoms with E-state index in [4.69, 9.17) is 14.2 Å². The molecule has 5 heteroatoms. The van der Waals surface area contributed by atoms with E-state index in [2.05, 4.69) is 41.7 Å². The molecule has 0 radical (unpaired) electrons. The lowest BCUT2D eigenvalue weighted by molar-refractivity contribution is -0.189. The van der Waals surface area contributed by atoms with Gasteiger partial charge in [0.2, 0.25) is 5.91 Å². The Morgan fingerprint density at radius 3 is 1.65 bits per heavy atom. The van der Waals surface area contributed by atoms with Gasteiger partial charge in [0.15, 0.2) is 0 Å². The van der Waals surface area contributed by atoms with Crippen molar-refractivity contribution >= 4 is 5.91 Å². The first-order valence-electron chi connectivity index (χ1n) is 12.0. The Bertz CT molecular complexity index is 1040. The third-order valence-corrected chi connectivity index (χ3v) is 6.76. The van der Waals surface area contributed by atoms with Crippen molar-refractivity contribution < 1.29 is 19.0 Å². The minimum atomic E-state index is -0.276. The maximum Gasteiger partial charge on any atom is 0.220 e. The summed E-state index contributed by atoms with van der Waals surface area (Å²) in [5.41, 5.74) is 3.32. The van der Waals surface area contributed by atoms with E-state index in [1.165, 1.54) is 0 Å². The number of rotatable bonds is 9. The summed E-state index contributed by atoms with van der Waals surface area (Å²) in [5, 5.41) is 3.15. The van der Waals surface area contributed by atoms with Crippen LogP contribution in [0, 0.1) is 5.92 Å². The molecule has 1 heterocycles. The molecule has 2 fully saturated rings. The first-order chi connectivity index (χ1) is 16.8. The predicted molar refractivity (Wildman–Crippen MR) is 130 cm³/mol. The lowest BCUT2D eigenvalue weighted by Crippen LogP contribution is -2.56. The molecular weight excluding hydrogens is 426 g/mol. The molecule has 0 bridgehead atoms. The van der Waals surface area contributed by atoms with Gasteiger partial charge in [0.05, 0.1) is 32.0 Å². The summed E-state index contributed by atoms with van der Waals surface area (Å²) >= 11 is 0. The van der Waals surface area contributed by atoms with E-state index in [1.807, 2.05) is 54.6 Å². The zero-order chi connectivity index (χ0) is 23.2. The molecule has 0 unspecified atom stereocenters. The molecule has 0 aromatic heterocycles. The van der Waals surface area contributed by atoms with Gasteiger partial charge in [-0.25, -0.2) is 0 Å². The largest absolute Gasteiger partial charge is 0.371 e. The Hall–Kier alpha value is -2.99. The molecular formula is C29H31NO4. The van der Waals surface area contributed by atoms with Gasteiger partial charge in [0.1, 0.15) is 6.10 Å². The van der Waals surface area contributed by atoms with Crippen molar-refractivity contribution in [3.63, 3.8) is 0 Å². The fourth-order valence-corrected chi connectivity index (χ4v) is 5.04. The van der Waals surface area contributed by atoms with Crippen LogP contribution in [0.2, 0.25) is 0 Å². The highest BCUT2D eigenvalue weighted by molar-refractivity contribution is 5.79. The van der Waals surface area contributed by atoms with E-state index in [0.29, 0.717) is 32.7 Å². The average molecular weight is 458 g/mol. The van der Waals surface area contributed by atoms with Crippen molar-refractivity contribution in [2.75, 3.05) is 0 Å². The summed E-state index contributed by atoms with van der Waals surface area (Å²) < 4.78 is 19.5. The van der Waals surface area contributed by atoms with Crippen LogP contribution in [-0.2, 0) is 38.8 Å². The van der Waals surface area contributed by atoms with Gasteiger partial charge in [0.25, 0.3) is 0 Å². The van der Waals surface area contributed by atoms with Crippen LogP contribution < -0.4 is 5.32 Å². The van der Waals surface area contributed by atoms with E-state index >= 15 is 0 Å². The molecule has 1 aliphatic heterocycles. The Balaban J connectivity index is 1.37. The lowest BCUT2D eigenvalue weighted by atomic mass is 9.79. The van der Waals surface area contributed by atoms with E-state index in [9.17, 15) is 4.79 Å². The Labute approximate surface area is 201 Å². The molecule has 3 aromatic rings. The highest BCUT2D eigenvalue weighted by Crippen LogP contribution is 2.38. The first kappa shape index (κ1) is 22.8. The SMILES string of the molecule is O=C1C[C@@H]2[C@@H](OCc3ccccc3)[C@H](OCc3ccccc3)[C@H](OCc3ccccc3)C[C@H]2N1. The van der Waals surface area contributed by atoms with Gasteiger partial charge in [-0.15, -0.1) is 0 Å². The zero-order valence-corrected chi connectivity index (χ0v) is 19.2. The van der Waals surface area contributed by atoms with Crippen LogP contribution in [0.4, 0.5) is 0 Å². The second-order valence-corrected chi connectivity index (χ2v) is 9.14. The number of hydrogen-bond acceptors (Lipinski definition) is 4. The summed E-state index contributed by atoms with van der Waals surface area (Å²) in [5.74, 6) is 0.141. The average Bonchev–Trinajstić information content (AvgIpc) is 3.26. The summed E-state index contributed by atoms with van der Waals surface area (Å²) in [4.78, 5) is 12.4. The van der Waals surface area contributed by atoms with Crippen molar-refractivity contribution in [3.8, 4) is 0 Å². The van der Waals surface area contributed by atoms with Gasteiger partial charge in [0, 0.05) is 18.4 Å². The topological polar surface area (TPSA) is 56.8 Å². The molecule has 2 aliphatic rings. The normalized spacial score (nSPS) is 26.1. The Morgan fingerprint density at radius 1 is 0.647 bits per heavy atom. The zero-order valence-electron chi connectivity index (χ0n) is 19.2. The molecule has 1 aliphatic carbocycles. The van der Waals surface area contributed by atoms with E-state index in [1.54, 1.807) is 0 Å². The van der Waals surface area contributed by atoms with Gasteiger partial charge in [-0.05, 0) is 23.1 Å². The maximum absolute atomic E-state index is 12.4. The number of nitrogens with one attached hydrogen (secondary N) is 1.